The molecule has 0 aliphatic heterocycles. The molecule has 23 heavy (non-hydrogen) atoms. The van der Waals surface area contributed by atoms with Gasteiger partial charge in [0.25, 0.3) is 0 Å². The van der Waals surface area contributed by atoms with Crippen molar-refractivity contribution in [1.82, 2.24) is 0 Å². The number of nitrogens with zero attached hydrogens (tertiary/aromatic N) is 2. The van der Waals surface area contributed by atoms with Crippen molar-refractivity contribution in [3.05, 3.63) is 70.2 Å². The number of halogens is 1. The summed E-state index contributed by atoms with van der Waals surface area (Å²) in [5.74, 6) is 1.26. The zero-order valence-corrected chi connectivity index (χ0v) is 13.1. The number of hydrogen-bond donors (Lipinski definition) is 0. The molecular formula is C19H11ClN2O. The first-order chi connectivity index (χ1) is 11.1. The second-order valence-corrected chi connectivity index (χ2v) is 5.46. The van der Waals surface area contributed by atoms with E-state index in [1.165, 1.54) is 0 Å². The Balaban J connectivity index is 2.07. The SMILES string of the molecule is Cc1c(-c2ccc(C#N)cc2)oc(-c2ccc(C#N)cc2)c1Cl. The zero-order valence-electron chi connectivity index (χ0n) is 12.3. The first-order valence-electron chi connectivity index (χ1n) is 6.94. The quantitative estimate of drug-likeness (QED) is 0.642. The minimum atomic E-state index is 0.550. The molecule has 110 valence electrons. The van der Waals surface area contributed by atoms with Gasteiger partial charge < -0.3 is 4.42 Å². The van der Waals surface area contributed by atoms with E-state index in [-0.39, 0.29) is 0 Å². The molecule has 0 unspecified atom stereocenters. The molecule has 0 saturated heterocycles. The minimum absolute atomic E-state index is 0.550. The van der Waals surface area contributed by atoms with Gasteiger partial charge in [-0.05, 0) is 55.5 Å². The summed E-state index contributed by atoms with van der Waals surface area (Å²) in [7, 11) is 0. The largest absolute Gasteiger partial charge is 0.454 e. The third-order valence-electron chi connectivity index (χ3n) is 3.63. The molecule has 0 bridgehead atoms. The lowest BCUT2D eigenvalue weighted by molar-refractivity contribution is 0.596. The van der Waals surface area contributed by atoms with Gasteiger partial charge in [0.2, 0.25) is 0 Å². The first-order valence-corrected chi connectivity index (χ1v) is 7.32. The van der Waals surface area contributed by atoms with Crippen LogP contribution in [0.1, 0.15) is 16.7 Å². The van der Waals surface area contributed by atoms with E-state index in [1.54, 1.807) is 24.3 Å². The average molecular weight is 319 g/mol. The van der Waals surface area contributed by atoms with Crippen LogP contribution < -0.4 is 0 Å². The van der Waals surface area contributed by atoms with E-state index in [0.29, 0.717) is 27.7 Å². The highest BCUT2D eigenvalue weighted by Gasteiger charge is 2.18. The molecule has 0 atom stereocenters. The van der Waals surface area contributed by atoms with E-state index < -0.39 is 0 Å². The van der Waals surface area contributed by atoms with Crippen LogP contribution in [0, 0.1) is 29.6 Å². The molecule has 0 spiro atoms. The zero-order chi connectivity index (χ0) is 16.4. The number of nitriles is 2. The monoisotopic (exact) mass is 318 g/mol. The summed E-state index contributed by atoms with van der Waals surface area (Å²) in [4.78, 5) is 0. The van der Waals surface area contributed by atoms with E-state index in [1.807, 2.05) is 31.2 Å². The van der Waals surface area contributed by atoms with Gasteiger partial charge in [-0.15, -0.1) is 0 Å². The molecule has 0 N–H and O–H groups in total. The third-order valence-corrected chi connectivity index (χ3v) is 4.08. The van der Waals surface area contributed by atoms with Crippen molar-refractivity contribution in [1.29, 1.82) is 10.5 Å². The van der Waals surface area contributed by atoms with Crippen LogP contribution in [-0.2, 0) is 0 Å². The fourth-order valence-corrected chi connectivity index (χ4v) is 2.58. The van der Waals surface area contributed by atoms with Crippen LogP contribution >= 0.6 is 11.6 Å². The van der Waals surface area contributed by atoms with E-state index in [0.717, 1.165) is 16.7 Å². The van der Waals surface area contributed by atoms with Crippen molar-refractivity contribution in [3.63, 3.8) is 0 Å². The predicted octanol–water partition coefficient (Wildman–Crippen LogP) is 5.32. The second-order valence-electron chi connectivity index (χ2n) is 5.08. The number of furan rings is 1. The third kappa shape index (κ3) is 2.71. The summed E-state index contributed by atoms with van der Waals surface area (Å²) in [6.07, 6.45) is 0. The maximum Gasteiger partial charge on any atom is 0.153 e. The highest BCUT2D eigenvalue weighted by atomic mass is 35.5. The van der Waals surface area contributed by atoms with E-state index >= 15 is 0 Å². The van der Waals surface area contributed by atoms with Crippen molar-refractivity contribution in [2.75, 3.05) is 0 Å². The lowest BCUT2D eigenvalue weighted by Gasteiger charge is -1.99. The maximum atomic E-state index is 8.88. The Morgan fingerprint density at radius 3 is 1.65 bits per heavy atom. The number of benzene rings is 2. The lowest BCUT2D eigenvalue weighted by atomic mass is 10.1. The van der Waals surface area contributed by atoms with Gasteiger partial charge in [-0.1, -0.05) is 11.6 Å². The highest BCUT2D eigenvalue weighted by Crippen LogP contribution is 2.39. The normalized spacial score (nSPS) is 10.1. The summed E-state index contributed by atoms with van der Waals surface area (Å²) < 4.78 is 5.97. The van der Waals surface area contributed by atoms with Crippen molar-refractivity contribution in [3.8, 4) is 34.8 Å². The number of rotatable bonds is 2. The highest BCUT2D eigenvalue weighted by molar-refractivity contribution is 6.34. The molecule has 0 aliphatic rings. The fraction of sp³-hybridized carbons (Fsp3) is 0.0526. The standard InChI is InChI=1S/C19H11ClN2O/c1-12-17(20)19(16-8-4-14(11-22)5-9-16)23-18(12)15-6-2-13(10-21)3-7-15/h2-9H,1H3. The van der Waals surface area contributed by atoms with Gasteiger partial charge in [0.1, 0.15) is 5.76 Å². The summed E-state index contributed by atoms with van der Waals surface area (Å²) in [6.45, 7) is 1.90. The van der Waals surface area contributed by atoms with Crippen LogP contribution in [0.5, 0.6) is 0 Å². The van der Waals surface area contributed by atoms with Crippen LogP contribution in [0.3, 0.4) is 0 Å². The molecular weight excluding hydrogens is 308 g/mol. The minimum Gasteiger partial charge on any atom is -0.454 e. The van der Waals surface area contributed by atoms with Gasteiger partial charge in [0, 0.05) is 16.7 Å². The van der Waals surface area contributed by atoms with Crippen molar-refractivity contribution in [2.24, 2.45) is 0 Å². The lowest BCUT2D eigenvalue weighted by Crippen LogP contribution is -1.79. The molecule has 3 rings (SSSR count). The molecule has 1 heterocycles. The molecule has 0 radical (unpaired) electrons. The molecule has 3 aromatic rings. The maximum absolute atomic E-state index is 8.88. The van der Waals surface area contributed by atoms with Crippen molar-refractivity contribution in [2.45, 2.75) is 6.92 Å². The smallest absolute Gasteiger partial charge is 0.153 e. The topological polar surface area (TPSA) is 60.7 Å². The molecule has 3 nitrogen and oxygen atoms in total. The van der Waals surface area contributed by atoms with Gasteiger partial charge in [-0.25, -0.2) is 0 Å². The Morgan fingerprint density at radius 1 is 0.783 bits per heavy atom. The van der Waals surface area contributed by atoms with Gasteiger partial charge in [-0.2, -0.15) is 10.5 Å². The number of hydrogen-bond acceptors (Lipinski definition) is 3. The van der Waals surface area contributed by atoms with Crippen molar-refractivity contribution >= 4 is 11.6 Å². The second kappa shape index (κ2) is 6.01. The molecule has 0 saturated carbocycles. The predicted molar refractivity (Wildman–Crippen MR) is 88.8 cm³/mol. The van der Waals surface area contributed by atoms with E-state index in [4.69, 9.17) is 26.5 Å². The van der Waals surface area contributed by atoms with Crippen molar-refractivity contribution < 1.29 is 4.42 Å². The van der Waals surface area contributed by atoms with Crippen LogP contribution in [0.2, 0.25) is 5.02 Å². The van der Waals surface area contributed by atoms with E-state index in [2.05, 4.69) is 12.1 Å². The van der Waals surface area contributed by atoms with Crippen LogP contribution in [-0.4, -0.2) is 0 Å². The molecule has 0 aliphatic carbocycles. The van der Waals surface area contributed by atoms with Crippen LogP contribution in [0.15, 0.2) is 52.9 Å². The molecule has 2 aromatic carbocycles. The van der Waals surface area contributed by atoms with Crippen LogP contribution in [0.25, 0.3) is 22.6 Å². The molecule has 4 heteroatoms. The Kier molecular flexibility index (Phi) is 3.89. The average Bonchev–Trinajstić information content (AvgIpc) is 2.91. The first kappa shape index (κ1) is 14.9. The summed E-state index contributed by atoms with van der Waals surface area (Å²) >= 11 is 6.42. The molecule has 0 fully saturated rings. The Labute approximate surface area is 139 Å². The fourth-order valence-electron chi connectivity index (χ4n) is 2.35. The van der Waals surface area contributed by atoms with Gasteiger partial charge in [-0.3, -0.25) is 0 Å². The van der Waals surface area contributed by atoms with Gasteiger partial charge in [0.05, 0.1) is 28.3 Å². The Bertz CT molecular complexity index is 861. The Morgan fingerprint density at radius 2 is 1.22 bits per heavy atom. The Hall–Kier alpha value is -3.01. The van der Waals surface area contributed by atoms with Crippen LogP contribution in [0.4, 0.5) is 0 Å². The van der Waals surface area contributed by atoms with E-state index in [9.17, 15) is 0 Å². The summed E-state index contributed by atoms with van der Waals surface area (Å²) in [6, 6.07) is 18.4. The summed E-state index contributed by atoms with van der Waals surface area (Å²) in [5, 5.41) is 18.3. The van der Waals surface area contributed by atoms with Gasteiger partial charge in [0.15, 0.2) is 5.76 Å². The molecule has 0 amide bonds. The molecule has 1 aromatic heterocycles. The summed E-state index contributed by atoms with van der Waals surface area (Å²) in [5.41, 5.74) is 3.70. The van der Waals surface area contributed by atoms with Gasteiger partial charge >= 0.3 is 0 Å².